The second-order valence-corrected chi connectivity index (χ2v) is 7.10. The molecule has 0 aliphatic carbocycles. The van der Waals surface area contributed by atoms with Crippen LogP contribution in [0.2, 0.25) is 0 Å². The van der Waals surface area contributed by atoms with Crippen molar-refractivity contribution in [2.45, 2.75) is 84.0 Å². The Morgan fingerprint density at radius 1 is 0.889 bits per heavy atom. The zero-order valence-corrected chi connectivity index (χ0v) is 16.8. The number of hydrogen-bond acceptors (Lipinski definition) is 2. The van der Waals surface area contributed by atoms with Crippen LogP contribution in [0.1, 0.15) is 93.5 Å². The van der Waals surface area contributed by atoms with Crippen molar-refractivity contribution in [2.75, 3.05) is 0 Å². The minimum absolute atomic E-state index is 0.0575. The van der Waals surface area contributed by atoms with Gasteiger partial charge in [-0.25, -0.2) is 4.79 Å². The summed E-state index contributed by atoms with van der Waals surface area (Å²) in [6, 6.07) is 4.94. The van der Waals surface area contributed by atoms with E-state index < -0.39 is 5.97 Å². The van der Waals surface area contributed by atoms with Crippen LogP contribution in [0.15, 0.2) is 42.5 Å². The van der Waals surface area contributed by atoms with Crippen LogP contribution in [-0.4, -0.2) is 16.2 Å². The molecule has 0 radical (unpaired) electrons. The molecule has 1 aromatic rings. The van der Waals surface area contributed by atoms with Gasteiger partial charge in [-0.3, -0.25) is 0 Å². The summed E-state index contributed by atoms with van der Waals surface area (Å²) in [7, 11) is 0. The van der Waals surface area contributed by atoms with Gasteiger partial charge in [0.15, 0.2) is 0 Å². The fourth-order valence-corrected chi connectivity index (χ4v) is 3.17. The Morgan fingerprint density at radius 2 is 1.52 bits per heavy atom. The van der Waals surface area contributed by atoms with E-state index in [-0.39, 0.29) is 11.3 Å². The molecule has 0 spiro atoms. The molecule has 0 aromatic heterocycles. The van der Waals surface area contributed by atoms with Crippen LogP contribution < -0.4 is 0 Å². The van der Waals surface area contributed by atoms with Crippen LogP contribution >= 0.6 is 0 Å². The lowest BCUT2D eigenvalue weighted by molar-refractivity contribution is 0.0692. The number of rotatable bonds is 15. The van der Waals surface area contributed by atoms with Crippen molar-refractivity contribution < 1.29 is 15.0 Å². The Hall–Kier alpha value is -2.03. The monoisotopic (exact) mass is 372 g/mol. The summed E-state index contributed by atoms with van der Waals surface area (Å²) >= 11 is 0. The highest BCUT2D eigenvalue weighted by atomic mass is 16.4. The van der Waals surface area contributed by atoms with Gasteiger partial charge in [-0.2, -0.15) is 0 Å². The molecule has 2 N–H and O–H groups in total. The number of benzene rings is 1. The van der Waals surface area contributed by atoms with E-state index in [1.54, 1.807) is 12.1 Å². The lowest BCUT2D eigenvalue weighted by atomic mass is 9.99. The summed E-state index contributed by atoms with van der Waals surface area (Å²) in [6.45, 7) is 2.23. The Balaban J connectivity index is 2.05. The van der Waals surface area contributed by atoms with Gasteiger partial charge in [0.2, 0.25) is 0 Å². The van der Waals surface area contributed by atoms with E-state index in [1.165, 1.54) is 51.0 Å². The summed E-state index contributed by atoms with van der Waals surface area (Å²) in [6.07, 6.45) is 22.8. The first-order chi connectivity index (χ1) is 13.2. The van der Waals surface area contributed by atoms with Gasteiger partial charge in [-0.05, 0) is 56.6 Å². The first kappa shape index (κ1) is 23.0. The average molecular weight is 373 g/mol. The highest BCUT2D eigenvalue weighted by molar-refractivity contribution is 5.92. The van der Waals surface area contributed by atoms with Crippen molar-refractivity contribution in [3.63, 3.8) is 0 Å². The standard InChI is InChI=1S/C24H36O3/c1-2-3-4-5-6-7-8-9-10-11-12-13-14-15-16-18-21-19-17-20-22(25)23(21)24(26)27/h6-7,9-10,17,19-20,25H,2-5,8,11-16,18H2,1H3,(H,26,27)/b7-6-,10-9-. The number of carbonyl (C=O) groups is 1. The molecule has 3 nitrogen and oxygen atoms in total. The normalized spacial score (nSPS) is 11.6. The number of aromatic carboxylic acids is 1. The number of carboxylic acid groups (broad SMARTS) is 1. The van der Waals surface area contributed by atoms with E-state index in [0.717, 1.165) is 31.2 Å². The van der Waals surface area contributed by atoms with E-state index in [0.29, 0.717) is 6.42 Å². The van der Waals surface area contributed by atoms with E-state index in [1.807, 2.05) is 0 Å². The molecule has 0 fully saturated rings. The van der Waals surface area contributed by atoms with Crippen molar-refractivity contribution in [1.29, 1.82) is 0 Å². The minimum atomic E-state index is -1.05. The number of aromatic hydroxyl groups is 1. The summed E-state index contributed by atoms with van der Waals surface area (Å²) in [5.41, 5.74) is 0.787. The fraction of sp³-hybridized carbons (Fsp3) is 0.542. The summed E-state index contributed by atoms with van der Waals surface area (Å²) in [5, 5.41) is 18.9. The zero-order chi connectivity index (χ0) is 19.7. The molecule has 1 rings (SSSR count). The number of phenols is 1. The quantitative estimate of drug-likeness (QED) is 0.256. The second-order valence-electron chi connectivity index (χ2n) is 7.10. The molecule has 0 atom stereocenters. The third kappa shape index (κ3) is 10.6. The lowest BCUT2D eigenvalue weighted by Crippen LogP contribution is -2.03. The van der Waals surface area contributed by atoms with E-state index in [2.05, 4.69) is 31.2 Å². The second kappa shape index (κ2) is 15.1. The van der Waals surface area contributed by atoms with Gasteiger partial charge in [0.25, 0.3) is 0 Å². The maximum absolute atomic E-state index is 11.2. The van der Waals surface area contributed by atoms with Crippen molar-refractivity contribution in [3.05, 3.63) is 53.6 Å². The van der Waals surface area contributed by atoms with Crippen LogP contribution in [0, 0.1) is 0 Å². The largest absolute Gasteiger partial charge is 0.507 e. The highest BCUT2D eigenvalue weighted by Crippen LogP contribution is 2.23. The van der Waals surface area contributed by atoms with Gasteiger partial charge in [0, 0.05) is 0 Å². The first-order valence-electron chi connectivity index (χ1n) is 10.5. The van der Waals surface area contributed by atoms with Gasteiger partial charge in [0.1, 0.15) is 11.3 Å². The number of aryl methyl sites for hydroxylation is 1. The third-order valence-corrected chi connectivity index (χ3v) is 4.74. The molecule has 27 heavy (non-hydrogen) atoms. The summed E-state index contributed by atoms with van der Waals surface area (Å²) < 4.78 is 0. The maximum Gasteiger partial charge on any atom is 0.339 e. The van der Waals surface area contributed by atoms with E-state index >= 15 is 0 Å². The molecule has 0 aliphatic heterocycles. The predicted molar refractivity (Wildman–Crippen MR) is 114 cm³/mol. The smallest absolute Gasteiger partial charge is 0.339 e. The Morgan fingerprint density at radius 3 is 2.19 bits per heavy atom. The molecule has 0 saturated carbocycles. The van der Waals surface area contributed by atoms with Gasteiger partial charge in [0.05, 0.1) is 0 Å². The zero-order valence-electron chi connectivity index (χ0n) is 16.8. The Labute approximate surface area is 164 Å². The average Bonchev–Trinajstić information content (AvgIpc) is 2.64. The minimum Gasteiger partial charge on any atom is -0.507 e. The van der Waals surface area contributed by atoms with Crippen LogP contribution in [0.4, 0.5) is 0 Å². The van der Waals surface area contributed by atoms with Gasteiger partial charge in [-0.1, -0.05) is 75.5 Å². The van der Waals surface area contributed by atoms with Crippen molar-refractivity contribution >= 4 is 5.97 Å². The molecule has 0 heterocycles. The van der Waals surface area contributed by atoms with Gasteiger partial charge >= 0.3 is 5.97 Å². The predicted octanol–water partition coefficient (Wildman–Crippen LogP) is 7.06. The third-order valence-electron chi connectivity index (χ3n) is 4.74. The molecule has 150 valence electrons. The topological polar surface area (TPSA) is 57.5 Å². The van der Waals surface area contributed by atoms with Crippen LogP contribution in [0.25, 0.3) is 0 Å². The summed E-state index contributed by atoms with van der Waals surface area (Å²) in [4.78, 5) is 11.2. The molecule has 0 amide bonds. The van der Waals surface area contributed by atoms with Crippen molar-refractivity contribution in [3.8, 4) is 5.75 Å². The number of allylic oxidation sites excluding steroid dienone is 4. The van der Waals surface area contributed by atoms with Crippen LogP contribution in [0.5, 0.6) is 5.75 Å². The lowest BCUT2D eigenvalue weighted by Gasteiger charge is -2.07. The molecule has 1 aromatic carbocycles. The molecule has 0 unspecified atom stereocenters. The first-order valence-corrected chi connectivity index (χ1v) is 10.5. The van der Waals surface area contributed by atoms with Crippen LogP contribution in [0.3, 0.4) is 0 Å². The summed E-state index contributed by atoms with van der Waals surface area (Å²) in [5.74, 6) is -1.19. The molecule has 0 saturated heterocycles. The number of hydrogen-bond donors (Lipinski definition) is 2. The molecular formula is C24H36O3. The molecule has 0 aliphatic rings. The Kier molecular flexibility index (Phi) is 12.8. The van der Waals surface area contributed by atoms with Crippen molar-refractivity contribution in [1.82, 2.24) is 0 Å². The molecular weight excluding hydrogens is 336 g/mol. The fourth-order valence-electron chi connectivity index (χ4n) is 3.17. The molecule has 0 bridgehead atoms. The van der Waals surface area contributed by atoms with Crippen molar-refractivity contribution in [2.24, 2.45) is 0 Å². The molecule has 3 heteroatoms. The Bertz CT molecular complexity index is 587. The number of carboxylic acids is 1. The van der Waals surface area contributed by atoms with E-state index in [4.69, 9.17) is 0 Å². The highest BCUT2D eigenvalue weighted by Gasteiger charge is 2.14. The SMILES string of the molecule is CCCCC/C=C\C/C=C\CCCCCCCc1cccc(O)c1C(=O)O. The van der Waals surface area contributed by atoms with E-state index in [9.17, 15) is 15.0 Å². The van der Waals surface area contributed by atoms with Crippen LogP contribution in [-0.2, 0) is 6.42 Å². The maximum atomic E-state index is 11.2. The van der Waals surface area contributed by atoms with Gasteiger partial charge in [-0.15, -0.1) is 0 Å². The van der Waals surface area contributed by atoms with Gasteiger partial charge < -0.3 is 10.2 Å². The number of unbranched alkanes of at least 4 members (excludes halogenated alkanes) is 8.